The van der Waals surface area contributed by atoms with Crippen molar-refractivity contribution >= 4 is 21.6 Å². The lowest BCUT2D eigenvalue weighted by molar-refractivity contribution is 0.331. The number of hydrogen-bond donors (Lipinski definition) is 1. The van der Waals surface area contributed by atoms with E-state index in [0.717, 1.165) is 5.56 Å². The number of sulfonamides is 1. The minimum absolute atomic E-state index is 0.0489. The average molecular weight is 326 g/mol. The van der Waals surface area contributed by atoms with Crippen molar-refractivity contribution in [2.45, 2.75) is 18.4 Å². The molecule has 0 aliphatic rings. The SMILES string of the molecule is CCOc1ccc(Cl)cc1S(=O)(=O)NCc1ccccc1. The molecule has 0 unspecified atom stereocenters. The molecule has 0 heterocycles. The van der Waals surface area contributed by atoms with Crippen LogP contribution in [0.2, 0.25) is 5.02 Å². The third-order valence-corrected chi connectivity index (χ3v) is 4.46. The number of benzene rings is 2. The van der Waals surface area contributed by atoms with Crippen LogP contribution in [-0.2, 0) is 16.6 Å². The van der Waals surface area contributed by atoms with Crippen molar-refractivity contribution in [3.8, 4) is 5.75 Å². The highest BCUT2D eigenvalue weighted by Crippen LogP contribution is 2.27. The predicted octanol–water partition coefficient (Wildman–Crippen LogP) is 3.22. The standard InChI is InChI=1S/C15H16ClNO3S/c1-2-20-14-9-8-13(16)10-15(14)21(18,19)17-11-12-6-4-3-5-7-12/h3-10,17H,2,11H2,1H3. The van der Waals surface area contributed by atoms with Crippen molar-refractivity contribution in [1.29, 1.82) is 0 Å². The molecule has 2 aromatic rings. The molecule has 0 bridgehead atoms. The lowest BCUT2D eigenvalue weighted by atomic mass is 10.2. The van der Waals surface area contributed by atoms with Crippen LogP contribution < -0.4 is 9.46 Å². The molecular weight excluding hydrogens is 310 g/mol. The molecule has 0 atom stereocenters. The van der Waals surface area contributed by atoms with Crippen LogP contribution in [0.25, 0.3) is 0 Å². The topological polar surface area (TPSA) is 55.4 Å². The summed E-state index contributed by atoms with van der Waals surface area (Å²) in [5.41, 5.74) is 0.876. The Balaban J connectivity index is 2.24. The third kappa shape index (κ3) is 4.20. The van der Waals surface area contributed by atoms with Gasteiger partial charge in [-0.05, 0) is 30.7 Å². The van der Waals surface area contributed by atoms with E-state index in [1.807, 2.05) is 30.3 Å². The molecule has 0 aliphatic heterocycles. The Bertz CT molecular complexity index is 702. The van der Waals surface area contributed by atoms with Gasteiger partial charge in [-0.2, -0.15) is 0 Å². The minimum atomic E-state index is -3.69. The van der Waals surface area contributed by atoms with E-state index in [2.05, 4.69) is 4.72 Å². The number of ether oxygens (including phenoxy) is 1. The fourth-order valence-corrected chi connectivity index (χ4v) is 3.24. The highest BCUT2D eigenvalue weighted by molar-refractivity contribution is 7.89. The zero-order chi connectivity index (χ0) is 15.3. The van der Waals surface area contributed by atoms with Crippen molar-refractivity contribution in [3.63, 3.8) is 0 Å². The van der Waals surface area contributed by atoms with Gasteiger partial charge in [-0.1, -0.05) is 41.9 Å². The van der Waals surface area contributed by atoms with Gasteiger partial charge < -0.3 is 4.74 Å². The van der Waals surface area contributed by atoms with E-state index in [1.165, 1.54) is 6.07 Å². The normalized spacial score (nSPS) is 11.3. The monoisotopic (exact) mass is 325 g/mol. The van der Waals surface area contributed by atoms with E-state index >= 15 is 0 Å². The molecule has 2 rings (SSSR count). The van der Waals surface area contributed by atoms with E-state index in [9.17, 15) is 8.42 Å². The van der Waals surface area contributed by atoms with Gasteiger partial charge in [0.25, 0.3) is 0 Å². The van der Waals surface area contributed by atoms with Crippen molar-refractivity contribution in [1.82, 2.24) is 4.72 Å². The van der Waals surface area contributed by atoms with Crippen molar-refractivity contribution in [2.75, 3.05) is 6.61 Å². The second-order valence-electron chi connectivity index (χ2n) is 4.33. The summed E-state index contributed by atoms with van der Waals surface area (Å²) in [5.74, 6) is 0.294. The summed E-state index contributed by atoms with van der Waals surface area (Å²) in [6.07, 6.45) is 0. The van der Waals surface area contributed by atoms with Crippen molar-refractivity contribution in [3.05, 3.63) is 59.1 Å². The first-order valence-corrected chi connectivity index (χ1v) is 8.35. The molecule has 6 heteroatoms. The van der Waals surface area contributed by atoms with Gasteiger partial charge in [-0.3, -0.25) is 0 Å². The molecule has 2 aromatic carbocycles. The molecule has 0 spiro atoms. The Morgan fingerprint density at radius 2 is 1.86 bits per heavy atom. The molecule has 0 aromatic heterocycles. The fourth-order valence-electron chi connectivity index (χ4n) is 1.82. The fraction of sp³-hybridized carbons (Fsp3) is 0.200. The summed E-state index contributed by atoms with van der Waals surface area (Å²) in [7, 11) is -3.69. The first kappa shape index (κ1) is 15.8. The molecule has 0 amide bonds. The Kier molecular flexibility index (Phi) is 5.22. The van der Waals surface area contributed by atoms with E-state index in [4.69, 9.17) is 16.3 Å². The van der Waals surface area contributed by atoms with Gasteiger partial charge in [0.15, 0.2) is 0 Å². The van der Waals surface area contributed by atoms with Crippen LogP contribution >= 0.6 is 11.6 Å². The average Bonchev–Trinajstić information content (AvgIpc) is 2.48. The van der Waals surface area contributed by atoms with E-state index in [0.29, 0.717) is 17.4 Å². The maximum atomic E-state index is 12.4. The van der Waals surface area contributed by atoms with Gasteiger partial charge in [0.05, 0.1) is 6.61 Å². The summed E-state index contributed by atoms with van der Waals surface area (Å²) in [6.45, 7) is 2.38. The van der Waals surface area contributed by atoms with E-state index in [1.54, 1.807) is 19.1 Å². The molecule has 0 saturated carbocycles. The Morgan fingerprint density at radius 3 is 2.52 bits per heavy atom. The molecule has 0 aliphatic carbocycles. The van der Waals surface area contributed by atoms with Crippen LogP contribution in [0.4, 0.5) is 0 Å². The summed E-state index contributed by atoms with van der Waals surface area (Å²) in [6, 6.07) is 13.8. The third-order valence-electron chi connectivity index (χ3n) is 2.80. The Morgan fingerprint density at radius 1 is 1.14 bits per heavy atom. The van der Waals surface area contributed by atoms with Crippen LogP contribution in [0, 0.1) is 0 Å². The van der Waals surface area contributed by atoms with Gasteiger partial charge in [-0.25, -0.2) is 13.1 Å². The molecule has 0 fully saturated rings. The summed E-state index contributed by atoms with van der Waals surface area (Å²) in [5, 5.41) is 0.346. The van der Waals surface area contributed by atoms with Gasteiger partial charge in [0, 0.05) is 11.6 Å². The predicted molar refractivity (Wildman–Crippen MR) is 83.1 cm³/mol. The van der Waals surface area contributed by atoms with Crippen molar-refractivity contribution in [2.24, 2.45) is 0 Å². The van der Waals surface area contributed by atoms with Crippen LogP contribution in [-0.4, -0.2) is 15.0 Å². The smallest absolute Gasteiger partial charge is 0.244 e. The highest BCUT2D eigenvalue weighted by atomic mass is 35.5. The van der Waals surface area contributed by atoms with E-state index in [-0.39, 0.29) is 11.4 Å². The summed E-state index contributed by atoms with van der Waals surface area (Å²) < 4.78 is 32.7. The number of halogens is 1. The number of hydrogen-bond acceptors (Lipinski definition) is 3. The maximum Gasteiger partial charge on any atom is 0.244 e. The molecule has 112 valence electrons. The Hall–Kier alpha value is -1.56. The quantitative estimate of drug-likeness (QED) is 0.887. The number of nitrogens with one attached hydrogen (secondary N) is 1. The van der Waals surface area contributed by atoms with Crippen LogP contribution in [0.15, 0.2) is 53.4 Å². The zero-order valence-electron chi connectivity index (χ0n) is 11.5. The van der Waals surface area contributed by atoms with Crippen LogP contribution in [0.5, 0.6) is 5.75 Å². The largest absolute Gasteiger partial charge is 0.492 e. The first-order valence-electron chi connectivity index (χ1n) is 6.49. The maximum absolute atomic E-state index is 12.4. The molecule has 1 N–H and O–H groups in total. The highest BCUT2D eigenvalue weighted by Gasteiger charge is 2.20. The first-order chi connectivity index (χ1) is 10.0. The van der Waals surface area contributed by atoms with Crippen LogP contribution in [0.1, 0.15) is 12.5 Å². The molecule has 0 saturated heterocycles. The second kappa shape index (κ2) is 6.93. The van der Waals surface area contributed by atoms with Crippen LogP contribution in [0.3, 0.4) is 0 Å². The zero-order valence-corrected chi connectivity index (χ0v) is 13.1. The summed E-state index contributed by atoms with van der Waals surface area (Å²) >= 11 is 5.89. The molecular formula is C15H16ClNO3S. The molecule has 4 nitrogen and oxygen atoms in total. The molecule has 21 heavy (non-hydrogen) atoms. The number of rotatable bonds is 6. The second-order valence-corrected chi connectivity index (χ2v) is 6.51. The molecule has 0 radical (unpaired) electrons. The van der Waals surface area contributed by atoms with Gasteiger partial charge >= 0.3 is 0 Å². The van der Waals surface area contributed by atoms with Gasteiger partial charge in [0.2, 0.25) is 10.0 Å². The minimum Gasteiger partial charge on any atom is -0.492 e. The van der Waals surface area contributed by atoms with Gasteiger partial charge in [-0.15, -0.1) is 0 Å². The lowest BCUT2D eigenvalue weighted by Gasteiger charge is -2.12. The van der Waals surface area contributed by atoms with Gasteiger partial charge in [0.1, 0.15) is 10.6 Å². The lowest BCUT2D eigenvalue weighted by Crippen LogP contribution is -2.23. The summed E-state index contributed by atoms with van der Waals surface area (Å²) in [4.78, 5) is 0.0489. The van der Waals surface area contributed by atoms with Crippen molar-refractivity contribution < 1.29 is 13.2 Å². The Labute approximate surface area is 129 Å². The van der Waals surface area contributed by atoms with E-state index < -0.39 is 10.0 Å².